The average Bonchev–Trinajstić information content (AvgIpc) is 2.18. The zero-order valence-corrected chi connectivity index (χ0v) is 11.7. The highest BCUT2D eigenvalue weighted by atomic mass is 35.5. The minimum Gasteiger partial charge on any atom is -0.507 e. The first-order valence-electron chi connectivity index (χ1n) is 5.68. The van der Waals surface area contributed by atoms with E-state index < -0.39 is 0 Å². The minimum atomic E-state index is -0.380. The molecule has 0 heterocycles. The second kappa shape index (κ2) is 4.69. The molecule has 0 amide bonds. The second-order valence-corrected chi connectivity index (χ2v) is 5.88. The third-order valence-corrected chi connectivity index (χ3v) is 3.30. The lowest BCUT2D eigenvalue weighted by Gasteiger charge is -2.23. The van der Waals surface area contributed by atoms with E-state index in [2.05, 4.69) is 0 Å². The highest BCUT2D eigenvalue weighted by Gasteiger charge is 2.22. The maximum Gasteiger partial charge on any atom is 0.228 e. The Morgan fingerprint density at radius 2 is 1.88 bits per heavy atom. The number of phenols is 1. The fourth-order valence-corrected chi connectivity index (χ4v) is 1.89. The zero-order valence-electron chi connectivity index (χ0n) is 11.0. The molecule has 1 aromatic rings. The molecule has 3 heteroatoms. The van der Waals surface area contributed by atoms with E-state index in [0.717, 1.165) is 16.7 Å². The van der Waals surface area contributed by atoms with Crippen LogP contribution in [0, 0.1) is 6.92 Å². The largest absolute Gasteiger partial charge is 0.507 e. The van der Waals surface area contributed by atoms with Gasteiger partial charge in [0.05, 0.1) is 5.92 Å². The summed E-state index contributed by atoms with van der Waals surface area (Å²) in [6.07, 6.45) is 0. The van der Waals surface area contributed by atoms with Crippen molar-refractivity contribution < 1.29 is 9.90 Å². The number of benzene rings is 1. The van der Waals surface area contributed by atoms with Gasteiger partial charge in [0.25, 0.3) is 0 Å². The molecule has 2 nitrogen and oxygen atoms in total. The van der Waals surface area contributed by atoms with Crippen LogP contribution in [0.1, 0.15) is 50.3 Å². The van der Waals surface area contributed by atoms with E-state index in [4.69, 9.17) is 11.6 Å². The van der Waals surface area contributed by atoms with Gasteiger partial charge < -0.3 is 5.11 Å². The molecule has 1 unspecified atom stereocenters. The van der Waals surface area contributed by atoms with E-state index in [-0.39, 0.29) is 16.6 Å². The summed E-state index contributed by atoms with van der Waals surface area (Å²) >= 11 is 5.52. The Hall–Kier alpha value is -1.02. The highest BCUT2D eigenvalue weighted by molar-refractivity contribution is 6.64. The van der Waals surface area contributed by atoms with Crippen molar-refractivity contribution in [2.75, 3.05) is 0 Å². The highest BCUT2D eigenvalue weighted by Crippen LogP contribution is 2.36. The van der Waals surface area contributed by atoms with Crippen LogP contribution in [0.2, 0.25) is 0 Å². The summed E-state index contributed by atoms with van der Waals surface area (Å²) in [7, 11) is 0. The van der Waals surface area contributed by atoms with Crippen molar-refractivity contribution in [1.29, 1.82) is 0 Å². The normalized spacial score (nSPS) is 13.5. The molecule has 0 saturated carbocycles. The van der Waals surface area contributed by atoms with Crippen LogP contribution in [0.4, 0.5) is 0 Å². The first kappa shape index (κ1) is 14.0. The molecule has 94 valence electrons. The predicted molar refractivity (Wildman–Crippen MR) is 70.8 cm³/mol. The lowest BCUT2D eigenvalue weighted by atomic mass is 9.83. The standard InChI is InChI=1S/C14H19ClO2/c1-8-6-10(9(2)13(15)17)7-11(12(8)16)14(3,4)5/h6-7,9,16H,1-5H3. The van der Waals surface area contributed by atoms with Crippen LogP contribution < -0.4 is 0 Å². The van der Waals surface area contributed by atoms with E-state index in [9.17, 15) is 9.90 Å². The summed E-state index contributed by atoms with van der Waals surface area (Å²) in [6.45, 7) is 9.68. The van der Waals surface area contributed by atoms with Crippen LogP contribution in [-0.2, 0) is 10.2 Å². The molecule has 0 aliphatic heterocycles. The van der Waals surface area contributed by atoms with E-state index in [0.29, 0.717) is 5.75 Å². The molecular weight excluding hydrogens is 236 g/mol. The number of phenolic OH excluding ortho intramolecular Hbond substituents is 1. The van der Waals surface area contributed by atoms with Crippen molar-refractivity contribution in [1.82, 2.24) is 0 Å². The number of halogens is 1. The number of aromatic hydroxyl groups is 1. The fraction of sp³-hybridized carbons (Fsp3) is 0.500. The van der Waals surface area contributed by atoms with Crippen LogP contribution in [0.15, 0.2) is 12.1 Å². The van der Waals surface area contributed by atoms with Gasteiger partial charge in [0.15, 0.2) is 0 Å². The summed E-state index contributed by atoms with van der Waals surface area (Å²) in [5, 5.41) is 9.68. The molecule has 0 fully saturated rings. The van der Waals surface area contributed by atoms with Gasteiger partial charge >= 0.3 is 0 Å². The molecule has 1 aromatic carbocycles. The second-order valence-electron chi connectivity index (χ2n) is 5.51. The van der Waals surface area contributed by atoms with Crippen molar-refractivity contribution >= 4 is 16.8 Å². The van der Waals surface area contributed by atoms with E-state index >= 15 is 0 Å². The molecule has 0 saturated heterocycles. The minimum absolute atomic E-state index is 0.167. The first-order chi connectivity index (χ1) is 7.64. The van der Waals surface area contributed by atoms with Crippen molar-refractivity contribution in [2.45, 2.75) is 46.0 Å². The molecule has 0 aromatic heterocycles. The molecule has 1 atom stereocenters. The molecule has 0 spiro atoms. The van der Waals surface area contributed by atoms with Gasteiger partial charge in [0.2, 0.25) is 5.24 Å². The van der Waals surface area contributed by atoms with Gasteiger partial charge in [-0.3, -0.25) is 4.79 Å². The van der Waals surface area contributed by atoms with Crippen LogP contribution in [-0.4, -0.2) is 10.3 Å². The molecular formula is C14H19ClO2. The molecule has 0 radical (unpaired) electrons. The SMILES string of the molecule is Cc1cc(C(C)C(=O)Cl)cc(C(C)(C)C)c1O. The van der Waals surface area contributed by atoms with Crippen molar-refractivity contribution in [3.05, 3.63) is 28.8 Å². The van der Waals surface area contributed by atoms with E-state index in [1.54, 1.807) is 6.92 Å². The van der Waals surface area contributed by atoms with Crippen LogP contribution in [0.3, 0.4) is 0 Å². The first-order valence-corrected chi connectivity index (χ1v) is 6.05. The Kier molecular flexibility index (Phi) is 3.88. The maximum atomic E-state index is 11.2. The number of rotatable bonds is 2. The third-order valence-electron chi connectivity index (χ3n) is 2.97. The number of aryl methyl sites for hydroxylation is 1. The zero-order chi connectivity index (χ0) is 13.4. The monoisotopic (exact) mass is 254 g/mol. The van der Waals surface area contributed by atoms with Crippen molar-refractivity contribution in [3.8, 4) is 5.75 Å². The average molecular weight is 255 g/mol. The van der Waals surface area contributed by atoms with Gasteiger partial charge in [0.1, 0.15) is 5.75 Å². The van der Waals surface area contributed by atoms with Gasteiger partial charge in [-0.1, -0.05) is 39.8 Å². The summed E-state index contributed by atoms with van der Waals surface area (Å²) in [5.41, 5.74) is 2.31. The Morgan fingerprint density at radius 1 is 1.35 bits per heavy atom. The predicted octanol–water partition coefficient (Wildman–Crippen LogP) is 3.87. The number of carbonyl (C=O) groups excluding carboxylic acids is 1. The Morgan fingerprint density at radius 3 is 2.29 bits per heavy atom. The number of hydrogen-bond acceptors (Lipinski definition) is 2. The van der Waals surface area contributed by atoms with E-state index in [1.165, 1.54) is 0 Å². The summed E-state index contributed by atoms with van der Waals surface area (Å²) < 4.78 is 0. The van der Waals surface area contributed by atoms with E-state index in [1.807, 2.05) is 39.8 Å². The van der Waals surface area contributed by atoms with Crippen LogP contribution >= 0.6 is 11.6 Å². The molecule has 1 N–H and O–H groups in total. The summed E-state index contributed by atoms with van der Waals surface area (Å²) in [4.78, 5) is 11.2. The van der Waals surface area contributed by atoms with Gasteiger partial charge in [-0.25, -0.2) is 0 Å². The molecule has 0 aliphatic carbocycles. The quantitative estimate of drug-likeness (QED) is 0.814. The topological polar surface area (TPSA) is 37.3 Å². The van der Waals surface area contributed by atoms with Crippen LogP contribution in [0.25, 0.3) is 0 Å². The van der Waals surface area contributed by atoms with Crippen LogP contribution in [0.5, 0.6) is 5.75 Å². The Balaban J connectivity index is 3.39. The number of hydrogen-bond donors (Lipinski definition) is 1. The third kappa shape index (κ3) is 3.01. The van der Waals surface area contributed by atoms with Crippen molar-refractivity contribution in [2.24, 2.45) is 0 Å². The molecule has 17 heavy (non-hydrogen) atoms. The molecule has 0 bridgehead atoms. The smallest absolute Gasteiger partial charge is 0.228 e. The summed E-state index contributed by atoms with van der Waals surface area (Å²) in [5.74, 6) is -0.0486. The summed E-state index contributed by atoms with van der Waals surface area (Å²) in [6, 6.07) is 3.68. The van der Waals surface area contributed by atoms with Gasteiger partial charge in [0, 0.05) is 0 Å². The maximum absolute atomic E-state index is 11.2. The van der Waals surface area contributed by atoms with Gasteiger partial charge in [-0.05, 0) is 40.6 Å². The van der Waals surface area contributed by atoms with Gasteiger partial charge in [-0.15, -0.1) is 0 Å². The molecule has 1 rings (SSSR count). The fourth-order valence-electron chi connectivity index (χ4n) is 1.76. The Bertz CT molecular complexity index is 444. The lowest BCUT2D eigenvalue weighted by Crippen LogP contribution is -2.13. The number of carbonyl (C=O) groups is 1. The Labute approximate surface area is 108 Å². The molecule has 0 aliphatic rings. The lowest BCUT2D eigenvalue weighted by molar-refractivity contribution is -0.112. The van der Waals surface area contributed by atoms with Gasteiger partial charge in [-0.2, -0.15) is 0 Å². The van der Waals surface area contributed by atoms with Crippen molar-refractivity contribution in [3.63, 3.8) is 0 Å².